The third-order valence-corrected chi connectivity index (χ3v) is 3.59. The molecule has 1 aromatic rings. The van der Waals surface area contributed by atoms with Crippen LogP contribution in [0.4, 0.5) is 0 Å². The van der Waals surface area contributed by atoms with Gasteiger partial charge in [0.2, 0.25) is 0 Å². The minimum Gasteiger partial charge on any atom is -0.464 e. The van der Waals surface area contributed by atoms with Crippen molar-refractivity contribution in [2.75, 3.05) is 26.3 Å². The number of hydrogen-bond donors (Lipinski definition) is 2. The van der Waals surface area contributed by atoms with Crippen LogP contribution < -0.4 is 0 Å². The van der Waals surface area contributed by atoms with E-state index in [1.807, 2.05) is 6.07 Å². The van der Waals surface area contributed by atoms with Crippen LogP contribution in [-0.2, 0) is 6.54 Å². The molecular formula is C14H23NO3. The Hall–Kier alpha value is -0.840. The van der Waals surface area contributed by atoms with E-state index in [2.05, 4.69) is 17.9 Å². The fourth-order valence-electron chi connectivity index (χ4n) is 2.32. The average Bonchev–Trinajstić information content (AvgIpc) is 2.90. The summed E-state index contributed by atoms with van der Waals surface area (Å²) in [5.74, 6) is 3.42. The topological polar surface area (TPSA) is 56.8 Å². The van der Waals surface area contributed by atoms with Crippen molar-refractivity contribution in [2.45, 2.75) is 32.2 Å². The van der Waals surface area contributed by atoms with Gasteiger partial charge in [-0.3, -0.25) is 4.90 Å². The Bertz CT molecular complexity index is 364. The molecule has 0 bridgehead atoms. The van der Waals surface area contributed by atoms with Crippen molar-refractivity contribution in [1.29, 1.82) is 0 Å². The quantitative estimate of drug-likeness (QED) is 0.738. The Morgan fingerprint density at radius 3 is 2.67 bits per heavy atom. The molecular weight excluding hydrogens is 230 g/mol. The number of aliphatic hydroxyl groups is 2. The lowest BCUT2D eigenvalue weighted by molar-refractivity contribution is 0.165. The van der Waals surface area contributed by atoms with Crippen LogP contribution in [0.3, 0.4) is 0 Å². The zero-order valence-corrected chi connectivity index (χ0v) is 11.0. The summed E-state index contributed by atoms with van der Waals surface area (Å²) in [5, 5.41) is 17.9. The lowest BCUT2D eigenvalue weighted by Crippen LogP contribution is -2.27. The third kappa shape index (κ3) is 3.57. The normalized spacial score (nSPS) is 22.7. The van der Waals surface area contributed by atoms with Gasteiger partial charge in [0.25, 0.3) is 0 Å². The molecule has 2 N–H and O–H groups in total. The second-order valence-corrected chi connectivity index (χ2v) is 5.20. The van der Waals surface area contributed by atoms with Crippen molar-refractivity contribution in [3.63, 3.8) is 0 Å². The monoisotopic (exact) mass is 253 g/mol. The third-order valence-electron chi connectivity index (χ3n) is 3.59. The maximum atomic E-state index is 9.02. The highest BCUT2D eigenvalue weighted by Gasteiger charge is 2.36. The summed E-state index contributed by atoms with van der Waals surface area (Å²) >= 11 is 0. The maximum absolute atomic E-state index is 9.02. The molecule has 0 amide bonds. The zero-order valence-electron chi connectivity index (χ0n) is 11.0. The summed E-state index contributed by atoms with van der Waals surface area (Å²) in [6.07, 6.45) is 1.96. The Balaban J connectivity index is 1.87. The predicted molar refractivity (Wildman–Crippen MR) is 69.3 cm³/mol. The first-order valence-corrected chi connectivity index (χ1v) is 6.77. The molecule has 2 atom stereocenters. The van der Waals surface area contributed by atoms with Gasteiger partial charge in [0.15, 0.2) is 0 Å². The van der Waals surface area contributed by atoms with E-state index >= 15 is 0 Å². The Labute approximate surface area is 108 Å². The van der Waals surface area contributed by atoms with Crippen LogP contribution in [0.25, 0.3) is 0 Å². The van der Waals surface area contributed by atoms with Crippen LogP contribution in [0.2, 0.25) is 0 Å². The number of furan rings is 1. The van der Waals surface area contributed by atoms with Gasteiger partial charge in [-0.25, -0.2) is 0 Å². The molecule has 102 valence electrons. The number of nitrogens with zero attached hydrogens (tertiary/aromatic N) is 1. The molecule has 4 heteroatoms. The first kappa shape index (κ1) is 13.6. The van der Waals surface area contributed by atoms with Gasteiger partial charge in [0.05, 0.1) is 13.2 Å². The molecule has 0 aromatic carbocycles. The average molecular weight is 253 g/mol. The molecule has 1 saturated carbocycles. The molecule has 1 heterocycles. The summed E-state index contributed by atoms with van der Waals surface area (Å²) in [5.41, 5.74) is 0. The van der Waals surface area contributed by atoms with Gasteiger partial charge in [-0.15, -0.1) is 0 Å². The van der Waals surface area contributed by atoms with E-state index in [-0.39, 0.29) is 13.2 Å². The summed E-state index contributed by atoms with van der Waals surface area (Å²) < 4.78 is 5.85. The molecule has 1 aliphatic carbocycles. The van der Waals surface area contributed by atoms with E-state index < -0.39 is 0 Å². The molecule has 1 aromatic heterocycles. The summed E-state index contributed by atoms with van der Waals surface area (Å²) in [7, 11) is 0. The number of aliphatic hydroxyl groups excluding tert-OH is 2. The van der Waals surface area contributed by atoms with Crippen LogP contribution >= 0.6 is 0 Å². The molecule has 1 aliphatic rings. The van der Waals surface area contributed by atoms with E-state index in [1.165, 1.54) is 6.42 Å². The Morgan fingerprint density at radius 2 is 2.06 bits per heavy atom. The highest BCUT2D eigenvalue weighted by Crippen LogP contribution is 2.47. The second kappa shape index (κ2) is 6.36. The van der Waals surface area contributed by atoms with Crippen LogP contribution in [0.15, 0.2) is 16.5 Å². The van der Waals surface area contributed by atoms with Crippen molar-refractivity contribution in [1.82, 2.24) is 4.90 Å². The molecule has 4 nitrogen and oxygen atoms in total. The molecule has 0 saturated heterocycles. The predicted octanol–water partition coefficient (Wildman–Crippen LogP) is 1.58. The largest absolute Gasteiger partial charge is 0.464 e. The fraction of sp³-hybridized carbons (Fsp3) is 0.714. The standard InChI is InChI=1S/C14H23NO3/c1-11-9-13(11)14-4-3-12(18-14)10-15(6-8-17)5-2-7-16/h3-4,11,13,16-17H,2,5-10H2,1H3. The Morgan fingerprint density at radius 1 is 1.28 bits per heavy atom. The van der Waals surface area contributed by atoms with Gasteiger partial charge >= 0.3 is 0 Å². The van der Waals surface area contributed by atoms with Crippen molar-refractivity contribution in [3.8, 4) is 0 Å². The van der Waals surface area contributed by atoms with Gasteiger partial charge in [-0.2, -0.15) is 0 Å². The van der Waals surface area contributed by atoms with Gasteiger partial charge in [-0.1, -0.05) is 6.92 Å². The van der Waals surface area contributed by atoms with Gasteiger partial charge in [-0.05, 0) is 30.9 Å². The lowest BCUT2D eigenvalue weighted by atomic mass is 10.3. The van der Waals surface area contributed by atoms with Crippen molar-refractivity contribution >= 4 is 0 Å². The SMILES string of the molecule is CC1CC1c1ccc(CN(CCO)CCCO)o1. The second-order valence-electron chi connectivity index (χ2n) is 5.20. The van der Waals surface area contributed by atoms with E-state index in [0.717, 1.165) is 30.4 Å². The van der Waals surface area contributed by atoms with Crippen molar-refractivity contribution in [2.24, 2.45) is 5.92 Å². The molecule has 2 rings (SSSR count). The van der Waals surface area contributed by atoms with Crippen LogP contribution in [0, 0.1) is 5.92 Å². The maximum Gasteiger partial charge on any atom is 0.118 e. The molecule has 0 aliphatic heterocycles. The van der Waals surface area contributed by atoms with E-state index in [0.29, 0.717) is 19.0 Å². The van der Waals surface area contributed by atoms with E-state index in [9.17, 15) is 0 Å². The fourth-order valence-corrected chi connectivity index (χ4v) is 2.32. The molecule has 18 heavy (non-hydrogen) atoms. The van der Waals surface area contributed by atoms with Crippen molar-refractivity contribution < 1.29 is 14.6 Å². The zero-order chi connectivity index (χ0) is 13.0. The number of rotatable bonds is 8. The highest BCUT2D eigenvalue weighted by atomic mass is 16.3. The van der Waals surface area contributed by atoms with E-state index in [4.69, 9.17) is 14.6 Å². The van der Waals surface area contributed by atoms with Gasteiger partial charge in [0.1, 0.15) is 11.5 Å². The van der Waals surface area contributed by atoms with Gasteiger partial charge in [0, 0.05) is 25.6 Å². The minimum absolute atomic E-state index is 0.138. The molecule has 0 radical (unpaired) electrons. The van der Waals surface area contributed by atoms with Gasteiger partial charge < -0.3 is 14.6 Å². The first-order chi connectivity index (χ1) is 8.74. The molecule has 2 unspecified atom stereocenters. The minimum atomic E-state index is 0.138. The van der Waals surface area contributed by atoms with Crippen LogP contribution in [0.1, 0.15) is 37.2 Å². The Kier molecular flexibility index (Phi) is 4.80. The summed E-state index contributed by atoms with van der Waals surface area (Å²) in [6.45, 7) is 4.68. The van der Waals surface area contributed by atoms with Crippen LogP contribution in [0.5, 0.6) is 0 Å². The highest BCUT2D eigenvalue weighted by molar-refractivity contribution is 5.17. The van der Waals surface area contributed by atoms with E-state index in [1.54, 1.807) is 0 Å². The van der Waals surface area contributed by atoms with Crippen LogP contribution in [-0.4, -0.2) is 41.4 Å². The first-order valence-electron chi connectivity index (χ1n) is 6.77. The number of hydrogen-bond acceptors (Lipinski definition) is 4. The molecule has 0 spiro atoms. The summed E-state index contributed by atoms with van der Waals surface area (Å²) in [6, 6.07) is 4.11. The summed E-state index contributed by atoms with van der Waals surface area (Å²) in [4.78, 5) is 2.11. The molecule has 1 fully saturated rings. The smallest absolute Gasteiger partial charge is 0.118 e. The lowest BCUT2D eigenvalue weighted by Gasteiger charge is -2.19. The van der Waals surface area contributed by atoms with Crippen molar-refractivity contribution in [3.05, 3.63) is 23.7 Å².